The summed E-state index contributed by atoms with van der Waals surface area (Å²) in [6.45, 7) is 2.30. The monoisotopic (exact) mass is 161 g/mol. The van der Waals surface area contributed by atoms with Crippen LogP contribution in [0, 0.1) is 0 Å². The molecule has 0 amide bonds. The second-order valence-electron chi connectivity index (χ2n) is 3.61. The molecule has 1 aromatic rings. The van der Waals surface area contributed by atoms with Gasteiger partial charge in [-0.25, -0.2) is 0 Å². The normalized spacial score (nSPS) is 27.2. The Kier molecular flexibility index (Phi) is 1.89. The quantitative estimate of drug-likeness (QED) is 0.667. The highest BCUT2D eigenvalue weighted by Gasteiger charge is 2.25. The first-order chi connectivity index (χ1) is 5.83. The molecule has 0 aliphatic heterocycles. The van der Waals surface area contributed by atoms with E-state index < -0.39 is 0 Å². The van der Waals surface area contributed by atoms with Gasteiger partial charge in [-0.3, -0.25) is 0 Å². The second kappa shape index (κ2) is 2.91. The highest BCUT2D eigenvalue weighted by Crippen LogP contribution is 2.39. The number of hydrogen-bond acceptors (Lipinski definition) is 1. The van der Waals surface area contributed by atoms with E-state index in [1.165, 1.54) is 17.5 Å². The predicted octanol–water partition coefficient (Wildman–Crippen LogP) is 2.45. The molecule has 1 aliphatic rings. The molecule has 64 valence electrons. The van der Waals surface area contributed by atoms with E-state index >= 15 is 0 Å². The van der Waals surface area contributed by atoms with Gasteiger partial charge >= 0.3 is 0 Å². The summed E-state index contributed by atoms with van der Waals surface area (Å²) in [6, 6.07) is 9.32. The van der Waals surface area contributed by atoms with E-state index in [2.05, 4.69) is 36.5 Å². The van der Waals surface area contributed by atoms with Crippen LogP contribution in [0.5, 0.6) is 0 Å². The van der Waals surface area contributed by atoms with Crippen LogP contribution in [0.1, 0.15) is 36.4 Å². The second-order valence-corrected chi connectivity index (χ2v) is 3.61. The minimum atomic E-state index is 0.580. The summed E-state index contributed by atoms with van der Waals surface area (Å²) >= 11 is 0. The lowest BCUT2D eigenvalue weighted by atomic mass is 10.0. The van der Waals surface area contributed by atoms with Gasteiger partial charge in [0.05, 0.1) is 0 Å². The summed E-state index contributed by atoms with van der Waals surface area (Å²) < 4.78 is 0. The lowest BCUT2D eigenvalue weighted by Gasteiger charge is -2.08. The van der Waals surface area contributed by atoms with Gasteiger partial charge in [0.25, 0.3) is 0 Å². The standard InChI is InChI=1S/C11H15N/c1-8-7-11(12-2)10-6-4-3-5-9(8)10/h3-6,8,11-12H,7H2,1-2H3/t8-,11-/m0/s1. The molecule has 0 fully saturated rings. The molecule has 0 spiro atoms. The van der Waals surface area contributed by atoms with Gasteiger partial charge in [0.1, 0.15) is 0 Å². The van der Waals surface area contributed by atoms with Crippen molar-refractivity contribution in [2.45, 2.75) is 25.3 Å². The molecule has 1 aliphatic carbocycles. The molecule has 0 unspecified atom stereocenters. The number of nitrogens with one attached hydrogen (secondary N) is 1. The minimum absolute atomic E-state index is 0.580. The Balaban J connectivity index is 2.43. The van der Waals surface area contributed by atoms with Crippen molar-refractivity contribution < 1.29 is 0 Å². The first-order valence-electron chi connectivity index (χ1n) is 4.59. The van der Waals surface area contributed by atoms with E-state index in [9.17, 15) is 0 Å². The van der Waals surface area contributed by atoms with Gasteiger partial charge in [-0.15, -0.1) is 0 Å². The van der Waals surface area contributed by atoms with Crippen LogP contribution in [0.15, 0.2) is 24.3 Å². The van der Waals surface area contributed by atoms with Gasteiger partial charge in [0.15, 0.2) is 0 Å². The van der Waals surface area contributed by atoms with Crippen molar-refractivity contribution in [3.63, 3.8) is 0 Å². The lowest BCUT2D eigenvalue weighted by molar-refractivity contribution is 0.553. The fourth-order valence-corrected chi connectivity index (χ4v) is 2.16. The topological polar surface area (TPSA) is 12.0 Å². The maximum atomic E-state index is 3.35. The van der Waals surface area contributed by atoms with Crippen LogP contribution in [-0.4, -0.2) is 7.05 Å². The smallest absolute Gasteiger partial charge is 0.0326 e. The maximum absolute atomic E-state index is 3.35. The number of hydrogen-bond donors (Lipinski definition) is 1. The van der Waals surface area contributed by atoms with Crippen LogP contribution < -0.4 is 5.32 Å². The Morgan fingerprint density at radius 2 is 1.92 bits per heavy atom. The van der Waals surface area contributed by atoms with Crippen molar-refractivity contribution in [2.24, 2.45) is 0 Å². The summed E-state index contributed by atoms with van der Waals surface area (Å²) in [6.07, 6.45) is 1.25. The van der Waals surface area contributed by atoms with Crippen LogP contribution in [0.3, 0.4) is 0 Å². The SMILES string of the molecule is CN[C@H]1C[C@H](C)c2ccccc21. The van der Waals surface area contributed by atoms with Crippen LogP contribution in [0.25, 0.3) is 0 Å². The molecule has 0 bridgehead atoms. The number of benzene rings is 1. The van der Waals surface area contributed by atoms with Crippen molar-refractivity contribution in [3.8, 4) is 0 Å². The van der Waals surface area contributed by atoms with Gasteiger partial charge in [-0.2, -0.15) is 0 Å². The van der Waals surface area contributed by atoms with Crippen molar-refractivity contribution in [1.82, 2.24) is 5.32 Å². The van der Waals surface area contributed by atoms with E-state index in [1.54, 1.807) is 0 Å². The summed E-state index contributed by atoms with van der Waals surface area (Å²) in [4.78, 5) is 0. The largest absolute Gasteiger partial charge is 0.313 e. The molecule has 2 atom stereocenters. The van der Waals surface area contributed by atoms with Crippen LogP contribution in [0.4, 0.5) is 0 Å². The van der Waals surface area contributed by atoms with Crippen molar-refractivity contribution in [1.29, 1.82) is 0 Å². The third-order valence-corrected chi connectivity index (χ3v) is 2.84. The number of rotatable bonds is 1. The molecule has 0 radical (unpaired) electrons. The van der Waals surface area contributed by atoms with Gasteiger partial charge in [-0.05, 0) is 30.5 Å². The third kappa shape index (κ3) is 1.05. The zero-order chi connectivity index (χ0) is 8.55. The summed E-state index contributed by atoms with van der Waals surface area (Å²) in [5.74, 6) is 0.721. The highest BCUT2D eigenvalue weighted by molar-refractivity contribution is 5.37. The molecule has 0 heterocycles. The fourth-order valence-electron chi connectivity index (χ4n) is 2.16. The lowest BCUT2D eigenvalue weighted by Crippen LogP contribution is -2.12. The van der Waals surface area contributed by atoms with E-state index in [0.717, 1.165) is 5.92 Å². The molecule has 1 heteroatoms. The van der Waals surface area contributed by atoms with Crippen molar-refractivity contribution in [2.75, 3.05) is 7.05 Å². The van der Waals surface area contributed by atoms with E-state index in [1.807, 2.05) is 7.05 Å². The summed E-state index contributed by atoms with van der Waals surface area (Å²) in [5.41, 5.74) is 3.02. The van der Waals surface area contributed by atoms with Crippen LogP contribution in [0.2, 0.25) is 0 Å². The first kappa shape index (κ1) is 7.81. The molecule has 1 N–H and O–H groups in total. The molecule has 2 rings (SSSR count). The van der Waals surface area contributed by atoms with E-state index in [0.29, 0.717) is 6.04 Å². The van der Waals surface area contributed by atoms with Gasteiger partial charge in [-0.1, -0.05) is 31.2 Å². The molecule has 0 saturated heterocycles. The zero-order valence-electron chi connectivity index (χ0n) is 7.67. The third-order valence-electron chi connectivity index (χ3n) is 2.84. The number of fused-ring (bicyclic) bond motifs is 1. The van der Waals surface area contributed by atoms with Crippen LogP contribution in [-0.2, 0) is 0 Å². The molecular weight excluding hydrogens is 146 g/mol. The summed E-state index contributed by atoms with van der Waals surface area (Å²) in [5, 5.41) is 3.35. The Labute approximate surface area is 73.8 Å². The Morgan fingerprint density at radius 1 is 1.25 bits per heavy atom. The zero-order valence-corrected chi connectivity index (χ0v) is 7.67. The molecule has 1 nitrogen and oxygen atoms in total. The van der Waals surface area contributed by atoms with Crippen molar-refractivity contribution in [3.05, 3.63) is 35.4 Å². The Bertz CT molecular complexity index is 280. The Hall–Kier alpha value is -0.820. The van der Waals surface area contributed by atoms with E-state index in [4.69, 9.17) is 0 Å². The average molecular weight is 161 g/mol. The minimum Gasteiger partial charge on any atom is -0.313 e. The van der Waals surface area contributed by atoms with Gasteiger partial charge in [0.2, 0.25) is 0 Å². The Morgan fingerprint density at radius 3 is 2.58 bits per heavy atom. The van der Waals surface area contributed by atoms with Gasteiger partial charge in [0, 0.05) is 6.04 Å². The molecule has 12 heavy (non-hydrogen) atoms. The maximum Gasteiger partial charge on any atom is 0.0326 e. The molecule has 0 aromatic heterocycles. The van der Waals surface area contributed by atoms with Crippen molar-refractivity contribution >= 4 is 0 Å². The predicted molar refractivity (Wildman–Crippen MR) is 51.3 cm³/mol. The molecular formula is C11H15N. The first-order valence-corrected chi connectivity index (χ1v) is 4.59. The highest BCUT2D eigenvalue weighted by atomic mass is 14.9. The summed E-state index contributed by atoms with van der Waals surface area (Å²) in [7, 11) is 2.04. The van der Waals surface area contributed by atoms with Crippen LogP contribution >= 0.6 is 0 Å². The fraction of sp³-hybridized carbons (Fsp3) is 0.455. The molecule has 1 aromatic carbocycles. The van der Waals surface area contributed by atoms with Gasteiger partial charge < -0.3 is 5.32 Å². The average Bonchev–Trinajstić information content (AvgIpc) is 2.44. The van der Waals surface area contributed by atoms with E-state index in [-0.39, 0.29) is 0 Å². The molecule has 0 saturated carbocycles.